The van der Waals surface area contributed by atoms with Crippen LogP contribution in [0.15, 0.2) is 24.3 Å². The number of cyclic esters (lactones) is 1. The van der Waals surface area contributed by atoms with Gasteiger partial charge in [-0.05, 0) is 92.7 Å². The fourth-order valence-electron chi connectivity index (χ4n) is 5.24. The van der Waals surface area contributed by atoms with Gasteiger partial charge in [0.15, 0.2) is 0 Å². The number of phenols is 1. The van der Waals surface area contributed by atoms with Crippen molar-refractivity contribution in [3.05, 3.63) is 29.8 Å². The first-order valence-corrected chi connectivity index (χ1v) is 9.67. The molecule has 0 bridgehead atoms. The highest BCUT2D eigenvalue weighted by atomic mass is 16.6. The highest BCUT2D eigenvalue weighted by molar-refractivity contribution is 5.75. The topological polar surface area (TPSA) is 46.5 Å². The van der Waals surface area contributed by atoms with E-state index in [4.69, 9.17) is 4.74 Å². The molecule has 3 aliphatic rings. The molecule has 1 N–H and O–H groups in total. The maximum Gasteiger partial charge on any atom is 0.309 e. The van der Waals surface area contributed by atoms with Crippen molar-refractivity contribution in [1.82, 2.24) is 0 Å². The quantitative estimate of drug-likeness (QED) is 0.812. The van der Waals surface area contributed by atoms with Gasteiger partial charge in [0.25, 0.3) is 0 Å². The maximum atomic E-state index is 11.0. The smallest absolute Gasteiger partial charge is 0.309 e. The summed E-state index contributed by atoms with van der Waals surface area (Å²) in [6.07, 6.45) is 11.3. The Bertz CT molecular complexity index is 555. The summed E-state index contributed by atoms with van der Waals surface area (Å²) in [5, 5.41) is 9.44. The van der Waals surface area contributed by atoms with Crippen molar-refractivity contribution in [3.8, 4) is 5.75 Å². The molecule has 3 heteroatoms. The number of carbonyl (C=O) groups is 1. The van der Waals surface area contributed by atoms with Crippen LogP contribution in [0.3, 0.4) is 0 Å². The van der Waals surface area contributed by atoms with Crippen molar-refractivity contribution in [2.75, 3.05) is 0 Å². The summed E-state index contributed by atoms with van der Waals surface area (Å²) in [5.74, 6) is 3.44. The zero-order chi connectivity index (χ0) is 16.5. The largest absolute Gasteiger partial charge is 0.508 e. The molecular formula is C21H28O3. The lowest BCUT2D eigenvalue weighted by atomic mass is 9.67. The molecule has 1 aromatic rings. The number of phenolic OH excluding ortho intramolecular Hbond substituents is 1. The average Bonchev–Trinajstić information content (AvgIpc) is 2.60. The van der Waals surface area contributed by atoms with Gasteiger partial charge in [0.05, 0.1) is 6.42 Å². The number of esters is 1. The standard InChI is InChI=1S/C21H28O3/c22-19-11-9-17(10-12-19)15-3-1-14(2-4-15)16-5-7-18(8-6-16)20-13-21(23)24-20/h9-12,14-16,18,20,22H,1-8,13H2. The molecule has 0 radical (unpaired) electrons. The SMILES string of the molecule is O=C1CC(C2CCC(C3CCC(c4ccc(O)cc4)CC3)CC2)O1. The van der Waals surface area contributed by atoms with Crippen molar-refractivity contribution in [2.24, 2.45) is 17.8 Å². The van der Waals surface area contributed by atoms with Crippen molar-refractivity contribution in [3.63, 3.8) is 0 Å². The Kier molecular flexibility index (Phi) is 4.51. The molecule has 3 fully saturated rings. The van der Waals surface area contributed by atoms with E-state index in [1.807, 2.05) is 12.1 Å². The van der Waals surface area contributed by atoms with Gasteiger partial charge in [-0.3, -0.25) is 4.79 Å². The van der Waals surface area contributed by atoms with Gasteiger partial charge in [0.1, 0.15) is 11.9 Å². The minimum atomic E-state index is -0.00493. The van der Waals surface area contributed by atoms with Crippen LogP contribution >= 0.6 is 0 Å². The van der Waals surface area contributed by atoms with Crippen LogP contribution in [0.25, 0.3) is 0 Å². The second kappa shape index (κ2) is 6.78. The highest BCUT2D eigenvalue weighted by Gasteiger charge is 2.39. The fraction of sp³-hybridized carbons (Fsp3) is 0.667. The van der Waals surface area contributed by atoms with Crippen LogP contribution in [0.2, 0.25) is 0 Å². The normalized spacial score (nSPS) is 36.7. The average molecular weight is 328 g/mol. The number of hydrogen-bond donors (Lipinski definition) is 1. The van der Waals surface area contributed by atoms with E-state index < -0.39 is 0 Å². The predicted octanol–water partition coefficient (Wildman–Crippen LogP) is 4.79. The van der Waals surface area contributed by atoms with Crippen LogP contribution in [-0.4, -0.2) is 17.2 Å². The van der Waals surface area contributed by atoms with Gasteiger partial charge >= 0.3 is 5.97 Å². The van der Waals surface area contributed by atoms with Crippen LogP contribution in [-0.2, 0) is 9.53 Å². The minimum Gasteiger partial charge on any atom is -0.508 e. The Hall–Kier alpha value is -1.51. The summed E-state index contributed by atoms with van der Waals surface area (Å²) in [7, 11) is 0. The van der Waals surface area contributed by atoms with E-state index in [1.54, 1.807) is 0 Å². The van der Waals surface area contributed by atoms with E-state index in [1.165, 1.54) is 56.9 Å². The number of benzene rings is 1. The van der Waals surface area contributed by atoms with Gasteiger partial charge in [-0.25, -0.2) is 0 Å². The zero-order valence-electron chi connectivity index (χ0n) is 14.3. The van der Waals surface area contributed by atoms with E-state index in [0.717, 1.165) is 11.8 Å². The van der Waals surface area contributed by atoms with Crippen LogP contribution in [0.5, 0.6) is 5.75 Å². The Morgan fingerprint density at radius 1 is 0.792 bits per heavy atom. The molecule has 1 heterocycles. The fourth-order valence-corrected chi connectivity index (χ4v) is 5.24. The molecule has 2 aliphatic carbocycles. The Morgan fingerprint density at radius 3 is 1.83 bits per heavy atom. The van der Waals surface area contributed by atoms with Crippen LogP contribution in [0.4, 0.5) is 0 Å². The maximum absolute atomic E-state index is 11.0. The van der Waals surface area contributed by atoms with E-state index in [0.29, 0.717) is 24.0 Å². The van der Waals surface area contributed by atoms with Gasteiger partial charge in [-0.1, -0.05) is 12.1 Å². The molecule has 0 spiro atoms. The third-order valence-corrected chi connectivity index (χ3v) is 6.80. The van der Waals surface area contributed by atoms with Crippen LogP contribution in [0.1, 0.15) is 69.3 Å². The molecule has 0 amide bonds. The van der Waals surface area contributed by atoms with Gasteiger partial charge in [0, 0.05) is 0 Å². The van der Waals surface area contributed by atoms with E-state index in [-0.39, 0.29) is 12.1 Å². The first kappa shape index (κ1) is 16.0. The summed E-state index contributed by atoms with van der Waals surface area (Å²) in [5.41, 5.74) is 1.39. The molecule has 3 nitrogen and oxygen atoms in total. The summed E-state index contributed by atoms with van der Waals surface area (Å²) < 4.78 is 5.27. The van der Waals surface area contributed by atoms with Gasteiger partial charge in [-0.2, -0.15) is 0 Å². The second-order valence-electron chi connectivity index (χ2n) is 8.11. The number of aromatic hydroxyl groups is 1. The number of rotatable bonds is 3. The van der Waals surface area contributed by atoms with Crippen molar-refractivity contribution >= 4 is 5.97 Å². The molecule has 0 aromatic heterocycles. The van der Waals surface area contributed by atoms with Crippen molar-refractivity contribution in [2.45, 2.75) is 69.8 Å². The summed E-state index contributed by atoms with van der Waals surface area (Å²) >= 11 is 0. The van der Waals surface area contributed by atoms with Crippen LogP contribution < -0.4 is 0 Å². The summed E-state index contributed by atoms with van der Waals surface area (Å²) in [6.45, 7) is 0. The lowest BCUT2D eigenvalue weighted by Gasteiger charge is -2.41. The molecule has 1 aromatic carbocycles. The Morgan fingerprint density at radius 2 is 1.29 bits per heavy atom. The van der Waals surface area contributed by atoms with Gasteiger partial charge in [0.2, 0.25) is 0 Å². The molecule has 24 heavy (non-hydrogen) atoms. The lowest BCUT2D eigenvalue weighted by Crippen LogP contribution is -2.41. The number of ether oxygens (including phenoxy) is 1. The predicted molar refractivity (Wildman–Crippen MR) is 92.8 cm³/mol. The van der Waals surface area contributed by atoms with Gasteiger partial charge in [-0.15, -0.1) is 0 Å². The third-order valence-electron chi connectivity index (χ3n) is 6.80. The first-order valence-electron chi connectivity index (χ1n) is 9.67. The summed E-state index contributed by atoms with van der Waals surface area (Å²) in [6, 6.07) is 7.81. The highest BCUT2D eigenvalue weighted by Crippen LogP contribution is 2.45. The minimum absolute atomic E-state index is 0.00493. The number of carbonyl (C=O) groups excluding carboxylic acids is 1. The molecule has 4 rings (SSSR count). The Labute approximate surface area is 144 Å². The molecule has 1 aliphatic heterocycles. The van der Waals surface area contributed by atoms with Crippen molar-refractivity contribution in [1.29, 1.82) is 0 Å². The molecule has 1 saturated heterocycles. The molecule has 1 unspecified atom stereocenters. The first-order chi connectivity index (χ1) is 11.7. The molecule has 2 saturated carbocycles. The Balaban J connectivity index is 1.24. The number of hydrogen-bond acceptors (Lipinski definition) is 3. The molecule has 1 atom stereocenters. The lowest BCUT2D eigenvalue weighted by molar-refractivity contribution is -0.176. The van der Waals surface area contributed by atoms with Crippen LogP contribution in [0, 0.1) is 17.8 Å². The third kappa shape index (κ3) is 3.31. The monoisotopic (exact) mass is 328 g/mol. The molecule has 130 valence electrons. The summed E-state index contributed by atoms with van der Waals surface area (Å²) in [4.78, 5) is 11.0. The zero-order valence-corrected chi connectivity index (χ0v) is 14.3. The second-order valence-corrected chi connectivity index (χ2v) is 8.11. The molecular weight excluding hydrogens is 300 g/mol. The van der Waals surface area contributed by atoms with E-state index in [2.05, 4.69) is 12.1 Å². The van der Waals surface area contributed by atoms with E-state index >= 15 is 0 Å². The van der Waals surface area contributed by atoms with Gasteiger partial charge < -0.3 is 9.84 Å². The van der Waals surface area contributed by atoms with Crippen molar-refractivity contribution < 1.29 is 14.6 Å². The van der Waals surface area contributed by atoms with E-state index in [9.17, 15) is 9.90 Å².